The third-order valence-corrected chi connectivity index (χ3v) is 8.52. The van der Waals surface area contributed by atoms with Crippen molar-refractivity contribution in [3.63, 3.8) is 0 Å². The van der Waals surface area contributed by atoms with Crippen molar-refractivity contribution in [2.75, 3.05) is 6.61 Å². The maximum absolute atomic E-state index is 13.6. The van der Waals surface area contributed by atoms with Crippen LogP contribution in [0.1, 0.15) is 53.9 Å². The van der Waals surface area contributed by atoms with Crippen LogP contribution in [0, 0.1) is 0 Å². The topological polar surface area (TPSA) is 51.7 Å². The van der Waals surface area contributed by atoms with E-state index in [1.807, 2.05) is 29.3 Å². The highest BCUT2D eigenvalue weighted by atomic mass is 16.6. The second kappa shape index (κ2) is 10.6. The Morgan fingerprint density at radius 1 is 0.875 bits per heavy atom. The van der Waals surface area contributed by atoms with Gasteiger partial charge in [-0.3, -0.25) is 9.88 Å². The summed E-state index contributed by atoms with van der Waals surface area (Å²) in [4.78, 5) is 20.0. The minimum atomic E-state index is -0.204. The first-order valence-electron chi connectivity index (χ1n) is 14.2. The third-order valence-electron chi connectivity index (χ3n) is 8.52. The molecule has 5 heteroatoms. The lowest BCUT2D eigenvalue weighted by atomic mass is 9.83. The molecular weight excluding hydrogens is 496 g/mol. The standard InChI is InChI=1S/C35H32N2O3/c38-35(40-23-34-32-15-6-4-13-30(32)31-14-5-7-16-33(31)34)37-27-11-8-12-28(37)18-25(17-27)26-19-29(21-36-20-26)39-22-24-9-2-1-3-10-24/h1-7,9-10,13-17,19-21,27-28,34H,8,11-12,18,22-23H2. The molecule has 2 unspecified atom stereocenters. The average Bonchev–Trinajstić information content (AvgIpc) is 3.32. The Hall–Kier alpha value is -4.38. The Morgan fingerprint density at radius 2 is 1.60 bits per heavy atom. The number of hydrogen-bond donors (Lipinski definition) is 0. The number of fused-ring (bicyclic) bond motifs is 5. The summed E-state index contributed by atoms with van der Waals surface area (Å²) in [5, 5.41) is 0. The summed E-state index contributed by atoms with van der Waals surface area (Å²) in [6.45, 7) is 0.857. The summed E-state index contributed by atoms with van der Waals surface area (Å²) in [6.07, 6.45) is 9.55. The first kappa shape index (κ1) is 24.6. The fourth-order valence-corrected chi connectivity index (χ4v) is 6.61. The second-order valence-corrected chi connectivity index (χ2v) is 10.9. The Labute approximate surface area is 235 Å². The zero-order chi connectivity index (χ0) is 26.9. The monoisotopic (exact) mass is 528 g/mol. The van der Waals surface area contributed by atoms with Gasteiger partial charge in [-0.1, -0.05) is 84.9 Å². The van der Waals surface area contributed by atoms with Crippen molar-refractivity contribution in [1.29, 1.82) is 0 Å². The summed E-state index contributed by atoms with van der Waals surface area (Å²) >= 11 is 0. The molecule has 3 heterocycles. The zero-order valence-electron chi connectivity index (χ0n) is 22.4. The second-order valence-electron chi connectivity index (χ2n) is 10.9. The normalized spacial score (nSPS) is 19.4. The van der Waals surface area contributed by atoms with Crippen molar-refractivity contribution in [3.05, 3.63) is 126 Å². The Kier molecular flexibility index (Phi) is 6.56. The lowest BCUT2D eigenvalue weighted by Gasteiger charge is -2.44. The van der Waals surface area contributed by atoms with E-state index in [0.717, 1.165) is 42.6 Å². The van der Waals surface area contributed by atoms with E-state index in [0.29, 0.717) is 13.2 Å². The van der Waals surface area contributed by atoms with Crippen LogP contribution in [-0.2, 0) is 11.3 Å². The van der Waals surface area contributed by atoms with Crippen LogP contribution in [0.25, 0.3) is 16.7 Å². The van der Waals surface area contributed by atoms with Gasteiger partial charge in [0, 0.05) is 18.2 Å². The lowest BCUT2D eigenvalue weighted by Crippen LogP contribution is -2.51. The molecule has 1 amide bonds. The van der Waals surface area contributed by atoms with E-state index in [9.17, 15) is 4.79 Å². The molecule has 5 nitrogen and oxygen atoms in total. The van der Waals surface area contributed by atoms with Crippen LogP contribution in [0.3, 0.4) is 0 Å². The van der Waals surface area contributed by atoms with E-state index in [4.69, 9.17) is 9.47 Å². The smallest absolute Gasteiger partial charge is 0.410 e. The van der Waals surface area contributed by atoms with E-state index in [1.54, 1.807) is 6.20 Å². The molecule has 1 fully saturated rings. The largest absolute Gasteiger partial charge is 0.487 e. The number of nitrogens with zero attached hydrogens (tertiary/aromatic N) is 2. The summed E-state index contributed by atoms with van der Waals surface area (Å²) < 4.78 is 12.1. The highest BCUT2D eigenvalue weighted by Gasteiger charge is 2.39. The molecule has 2 bridgehead atoms. The molecule has 1 aliphatic carbocycles. The summed E-state index contributed by atoms with van der Waals surface area (Å²) in [6, 6.07) is 29.3. The van der Waals surface area contributed by atoms with Crippen molar-refractivity contribution in [2.45, 2.75) is 50.3 Å². The molecule has 7 rings (SSSR count). The van der Waals surface area contributed by atoms with Gasteiger partial charge in [0.05, 0.1) is 12.2 Å². The van der Waals surface area contributed by atoms with Crippen LogP contribution in [0.4, 0.5) is 4.79 Å². The quantitative estimate of drug-likeness (QED) is 0.258. The molecule has 200 valence electrons. The van der Waals surface area contributed by atoms with Crippen LogP contribution >= 0.6 is 0 Å². The average molecular weight is 529 g/mol. The Bertz CT molecular complexity index is 1520. The number of amides is 1. The van der Waals surface area contributed by atoms with E-state index < -0.39 is 0 Å². The van der Waals surface area contributed by atoms with Crippen LogP contribution in [-0.4, -0.2) is 34.7 Å². The molecule has 0 saturated carbocycles. The van der Waals surface area contributed by atoms with Crippen molar-refractivity contribution in [3.8, 4) is 16.9 Å². The summed E-state index contributed by atoms with van der Waals surface area (Å²) in [5.74, 6) is 0.822. The van der Waals surface area contributed by atoms with Crippen LogP contribution in [0.5, 0.6) is 5.75 Å². The minimum absolute atomic E-state index is 0.0343. The highest BCUT2D eigenvalue weighted by Crippen LogP contribution is 2.45. The zero-order valence-corrected chi connectivity index (χ0v) is 22.4. The predicted molar refractivity (Wildman–Crippen MR) is 156 cm³/mol. The number of ether oxygens (including phenoxy) is 2. The molecular formula is C35H32N2O3. The van der Waals surface area contributed by atoms with E-state index in [2.05, 4.69) is 77.8 Å². The van der Waals surface area contributed by atoms with Gasteiger partial charge in [-0.15, -0.1) is 0 Å². The van der Waals surface area contributed by atoms with Gasteiger partial charge in [-0.25, -0.2) is 4.79 Å². The molecule has 0 radical (unpaired) electrons. The van der Waals surface area contributed by atoms with Gasteiger partial charge in [-0.05, 0) is 70.7 Å². The Balaban J connectivity index is 1.06. The van der Waals surface area contributed by atoms with E-state index in [-0.39, 0.29) is 24.1 Å². The molecule has 1 saturated heterocycles. The van der Waals surface area contributed by atoms with Gasteiger partial charge in [0.15, 0.2) is 0 Å². The number of aromatic nitrogens is 1. The molecule has 4 aromatic rings. The number of carbonyl (C=O) groups excluding carboxylic acids is 1. The molecule has 40 heavy (non-hydrogen) atoms. The molecule has 2 atom stereocenters. The molecule has 1 aromatic heterocycles. The first-order valence-corrected chi connectivity index (χ1v) is 14.2. The van der Waals surface area contributed by atoms with E-state index in [1.165, 1.54) is 27.8 Å². The third kappa shape index (κ3) is 4.66. The minimum Gasteiger partial charge on any atom is -0.487 e. The van der Waals surface area contributed by atoms with Gasteiger partial charge in [-0.2, -0.15) is 0 Å². The number of pyridine rings is 1. The van der Waals surface area contributed by atoms with Gasteiger partial charge >= 0.3 is 6.09 Å². The van der Waals surface area contributed by atoms with Crippen LogP contribution < -0.4 is 4.74 Å². The number of rotatable bonds is 6. The molecule has 0 spiro atoms. The number of hydrogen-bond acceptors (Lipinski definition) is 4. The molecule has 0 N–H and O–H groups in total. The van der Waals surface area contributed by atoms with Gasteiger partial charge < -0.3 is 9.47 Å². The molecule has 2 aliphatic heterocycles. The Morgan fingerprint density at radius 3 is 2.35 bits per heavy atom. The molecule has 3 aliphatic rings. The van der Waals surface area contributed by atoms with Gasteiger partial charge in [0.25, 0.3) is 0 Å². The maximum atomic E-state index is 13.6. The number of benzene rings is 3. The highest BCUT2D eigenvalue weighted by molar-refractivity contribution is 5.79. The fraction of sp³-hybridized carbons (Fsp3) is 0.257. The van der Waals surface area contributed by atoms with E-state index >= 15 is 0 Å². The summed E-state index contributed by atoms with van der Waals surface area (Å²) in [7, 11) is 0. The fourth-order valence-electron chi connectivity index (χ4n) is 6.61. The predicted octanol–water partition coefficient (Wildman–Crippen LogP) is 7.62. The lowest BCUT2D eigenvalue weighted by molar-refractivity contribution is 0.0539. The van der Waals surface area contributed by atoms with Crippen LogP contribution in [0.15, 0.2) is 103 Å². The first-order chi connectivity index (χ1) is 19.7. The van der Waals surface area contributed by atoms with Crippen molar-refractivity contribution in [1.82, 2.24) is 9.88 Å². The van der Waals surface area contributed by atoms with Crippen molar-refractivity contribution >= 4 is 11.7 Å². The number of piperidine rings is 1. The van der Waals surface area contributed by atoms with Crippen molar-refractivity contribution < 1.29 is 14.3 Å². The van der Waals surface area contributed by atoms with Gasteiger partial charge in [0.1, 0.15) is 19.0 Å². The van der Waals surface area contributed by atoms with Crippen LogP contribution in [0.2, 0.25) is 0 Å². The van der Waals surface area contributed by atoms with Gasteiger partial charge in [0.2, 0.25) is 0 Å². The maximum Gasteiger partial charge on any atom is 0.410 e. The SMILES string of the molecule is O=C(OCC1c2ccccc2-c2ccccc21)N1C2C=C(c3cncc(OCc4ccccc4)c3)CC1CCC2. The molecule has 3 aromatic carbocycles. The number of carbonyl (C=O) groups is 1. The van der Waals surface area contributed by atoms with Crippen molar-refractivity contribution in [2.24, 2.45) is 0 Å². The summed E-state index contributed by atoms with van der Waals surface area (Å²) in [5.41, 5.74) is 8.37.